The van der Waals surface area contributed by atoms with E-state index in [9.17, 15) is 9.59 Å². The zero-order chi connectivity index (χ0) is 22.1. The Kier molecular flexibility index (Phi) is 5.48. The van der Waals surface area contributed by atoms with Crippen molar-refractivity contribution in [3.8, 4) is 10.4 Å². The van der Waals surface area contributed by atoms with Gasteiger partial charge in [-0.2, -0.15) is 0 Å². The molecule has 2 amide bonds. The van der Waals surface area contributed by atoms with Crippen LogP contribution in [0.2, 0.25) is 0 Å². The Morgan fingerprint density at radius 2 is 1.88 bits per heavy atom. The van der Waals surface area contributed by atoms with E-state index in [4.69, 9.17) is 0 Å². The second-order valence-corrected chi connectivity index (χ2v) is 8.85. The lowest BCUT2D eigenvalue weighted by atomic mass is 10.0. The number of hydrogen-bond acceptors (Lipinski definition) is 7. The van der Waals surface area contributed by atoms with E-state index in [1.165, 1.54) is 16.9 Å². The largest absolute Gasteiger partial charge is 0.368 e. The molecule has 0 bridgehead atoms. The Bertz CT molecular complexity index is 1150. The molecule has 8 nitrogen and oxygen atoms in total. The highest BCUT2D eigenvalue weighted by molar-refractivity contribution is 7.19. The second-order valence-electron chi connectivity index (χ2n) is 7.85. The van der Waals surface area contributed by atoms with Crippen molar-refractivity contribution in [1.82, 2.24) is 14.9 Å². The predicted molar refractivity (Wildman–Crippen MR) is 126 cm³/mol. The number of aromatic nitrogens is 2. The summed E-state index contributed by atoms with van der Waals surface area (Å²) < 4.78 is 0. The first-order chi connectivity index (χ1) is 15.6. The number of carbonyl (C=O) groups excluding carboxylic acids is 2. The highest BCUT2D eigenvalue weighted by atomic mass is 32.1. The summed E-state index contributed by atoms with van der Waals surface area (Å²) in [5.41, 5.74) is 4.65. The van der Waals surface area contributed by atoms with Crippen molar-refractivity contribution in [1.29, 1.82) is 0 Å². The molecule has 4 heterocycles. The number of rotatable bonds is 4. The first-order valence-electron chi connectivity index (χ1n) is 10.7. The minimum absolute atomic E-state index is 0.0395. The molecule has 0 atom stereocenters. The Labute approximate surface area is 190 Å². The number of amides is 2. The van der Waals surface area contributed by atoms with Crippen LogP contribution in [0.15, 0.2) is 42.7 Å². The Morgan fingerprint density at radius 3 is 2.62 bits per heavy atom. The van der Waals surface area contributed by atoms with Crippen molar-refractivity contribution in [3.63, 3.8) is 0 Å². The molecule has 1 saturated heterocycles. The zero-order valence-corrected chi connectivity index (χ0v) is 18.6. The first-order valence-corrected chi connectivity index (χ1v) is 11.5. The Morgan fingerprint density at radius 1 is 1.09 bits per heavy atom. The summed E-state index contributed by atoms with van der Waals surface area (Å²) in [4.78, 5) is 38.6. The number of anilines is 3. The third-order valence-corrected chi connectivity index (χ3v) is 7.02. The van der Waals surface area contributed by atoms with Crippen molar-refractivity contribution in [2.75, 3.05) is 48.8 Å². The van der Waals surface area contributed by atoms with Gasteiger partial charge in [-0.1, -0.05) is 11.3 Å². The van der Waals surface area contributed by atoms with Gasteiger partial charge in [0.25, 0.3) is 5.91 Å². The van der Waals surface area contributed by atoms with E-state index in [0.717, 1.165) is 46.5 Å². The molecule has 9 heteroatoms. The monoisotopic (exact) mass is 448 g/mol. The minimum atomic E-state index is -0.0395. The van der Waals surface area contributed by atoms with Gasteiger partial charge in [0, 0.05) is 63.4 Å². The number of fused-ring (bicyclic) bond motifs is 1. The van der Waals surface area contributed by atoms with Crippen molar-refractivity contribution in [2.45, 2.75) is 12.8 Å². The van der Waals surface area contributed by atoms with Crippen molar-refractivity contribution < 1.29 is 9.59 Å². The van der Waals surface area contributed by atoms with Crippen LogP contribution < -0.4 is 15.5 Å². The molecule has 164 valence electrons. The smallest absolute Gasteiger partial charge is 0.274 e. The number of nitrogens with one attached hydrogen (secondary N) is 2. The Balaban J connectivity index is 1.30. The summed E-state index contributed by atoms with van der Waals surface area (Å²) in [6, 6.07) is 9.99. The van der Waals surface area contributed by atoms with E-state index < -0.39 is 0 Å². The van der Waals surface area contributed by atoms with Crippen LogP contribution in [0.4, 0.5) is 16.5 Å². The molecule has 0 aliphatic carbocycles. The third-order valence-electron chi connectivity index (χ3n) is 5.90. The number of carbonyl (C=O) groups is 2. The summed E-state index contributed by atoms with van der Waals surface area (Å²) in [6.45, 7) is 2.78. The van der Waals surface area contributed by atoms with Crippen LogP contribution in [0.25, 0.3) is 10.4 Å². The summed E-state index contributed by atoms with van der Waals surface area (Å²) >= 11 is 1.48. The third kappa shape index (κ3) is 3.91. The summed E-state index contributed by atoms with van der Waals surface area (Å²) in [6.07, 6.45) is 4.75. The fourth-order valence-electron chi connectivity index (χ4n) is 4.15. The van der Waals surface area contributed by atoms with Crippen LogP contribution in [0, 0.1) is 0 Å². The van der Waals surface area contributed by atoms with Gasteiger partial charge in [-0.05, 0) is 47.9 Å². The number of benzene rings is 1. The first kappa shape index (κ1) is 20.4. The van der Waals surface area contributed by atoms with Gasteiger partial charge in [0.05, 0.1) is 4.88 Å². The van der Waals surface area contributed by atoms with E-state index in [1.807, 2.05) is 36.2 Å². The lowest BCUT2D eigenvalue weighted by Gasteiger charge is -2.36. The summed E-state index contributed by atoms with van der Waals surface area (Å²) in [5.74, 6) is 0.0364. The molecular weight excluding hydrogens is 424 g/mol. The quantitative estimate of drug-likeness (QED) is 0.638. The molecule has 5 rings (SSSR count). The van der Waals surface area contributed by atoms with Crippen molar-refractivity contribution in [2.24, 2.45) is 0 Å². The standard InChI is InChI=1S/C23H24N6O2S/c1-24-23-27-20(21(32-23)15-6-8-25-9-7-15)22(31)29-12-10-28(11-13-29)17-3-4-18-16(14-17)2-5-19(30)26-18/h3-4,6-9,14H,2,5,10-13H2,1H3,(H,24,27)(H,26,30). The molecule has 2 aliphatic rings. The van der Waals surface area contributed by atoms with E-state index in [2.05, 4.69) is 31.6 Å². The molecular formula is C23H24N6O2S. The summed E-state index contributed by atoms with van der Waals surface area (Å²) in [5, 5.41) is 6.71. The van der Waals surface area contributed by atoms with Gasteiger partial charge in [0.1, 0.15) is 5.69 Å². The van der Waals surface area contributed by atoms with E-state index >= 15 is 0 Å². The lowest BCUT2D eigenvalue weighted by molar-refractivity contribution is -0.116. The number of aryl methyl sites for hydroxylation is 1. The molecule has 1 fully saturated rings. The minimum Gasteiger partial charge on any atom is -0.368 e. The molecule has 2 aromatic heterocycles. The van der Waals surface area contributed by atoms with Gasteiger partial charge in [-0.25, -0.2) is 4.98 Å². The molecule has 0 unspecified atom stereocenters. The zero-order valence-electron chi connectivity index (χ0n) is 17.8. The predicted octanol–water partition coefficient (Wildman–Crippen LogP) is 3.09. The molecule has 0 saturated carbocycles. The fraction of sp³-hybridized carbons (Fsp3) is 0.304. The normalized spacial score (nSPS) is 15.8. The molecule has 2 N–H and O–H groups in total. The van der Waals surface area contributed by atoms with Crippen LogP contribution in [0.1, 0.15) is 22.5 Å². The van der Waals surface area contributed by atoms with Crippen LogP contribution in [0.3, 0.4) is 0 Å². The van der Waals surface area contributed by atoms with Crippen LogP contribution in [0.5, 0.6) is 0 Å². The van der Waals surface area contributed by atoms with E-state index in [-0.39, 0.29) is 11.8 Å². The fourth-order valence-corrected chi connectivity index (χ4v) is 5.07. The molecule has 1 aromatic carbocycles. The van der Waals surface area contributed by atoms with Gasteiger partial charge < -0.3 is 20.4 Å². The van der Waals surface area contributed by atoms with Gasteiger partial charge in [-0.15, -0.1) is 0 Å². The maximum atomic E-state index is 13.4. The van der Waals surface area contributed by atoms with Gasteiger partial charge in [0.2, 0.25) is 5.91 Å². The molecule has 0 radical (unpaired) electrons. The number of hydrogen-bond donors (Lipinski definition) is 2. The van der Waals surface area contributed by atoms with Crippen LogP contribution >= 0.6 is 11.3 Å². The number of pyridine rings is 1. The van der Waals surface area contributed by atoms with Crippen LogP contribution in [-0.2, 0) is 11.2 Å². The topological polar surface area (TPSA) is 90.5 Å². The molecule has 32 heavy (non-hydrogen) atoms. The molecule has 2 aliphatic heterocycles. The summed E-state index contributed by atoms with van der Waals surface area (Å²) in [7, 11) is 1.81. The van der Waals surface area contributed by atoms with E-state index in [0.29, 0.717) is 25.2 Å². The lowest BCUT2D eigenvalue weighted by Crippen LogP contribution is -2.49. The second kappa shape index (κ2) is 8.58. The number of nitrogens with zero attached hydrogens (tertiary/aromatic N) is 4. The van der Waals surface area contributed by atoms with E-state index in [1.54, 1.807) is 12.4 Å². The highest BCUT2D eigenvalue weighted by Gasteiger charge is 2.28. The van der Waals surface area contributed by atoms with Gasteiger partial charge in [0.15, 0.2) is 5.13 Å². The maximum Gasteiger partial charge on any atom is 0.274 e. The van der Waals surface area contributed by atoms with Crippen molar-refractivity contribution in [3.05, 3.63) is 54.0 Å². The maximum absolute atomic E-state index is 13.4. The van der Waals surface area contributed by atoms with Crippen molar-refractivity contribution >= 4 is 39.7 Å². The number of thiazole rings is 1. The number of piperazine rings is 1. The average Bonchev–Trinajstić information content (AvgIpc) is 3.28. The van der Waals surface area contributed by atoms with Crippen LogP contribution in [-0.4, -0.2) is 59.9 Å². The SMILES string of the molecule is CNc1nc(C(=O)N2CCN(c3ccc4c(c3)CCC(=O)N4)CC2)c(-c2ccncc2)s1. The Hall–Kier alpha value is -3.46. The highest BCUT2D eigenvalue weighted by Crippen LogP contribution is 2.34. The van der Waals surface area contributed by atoms with Gasteiger partial charge >= 0.3 is 0 Å². The molecule has 3 aromatic rings. The van der Waals surface area contributed by atoms with Gasteiger partial charge in [-0.3, -0.25) is 14.6 Å². The average molecular weight is 449 g/mol. The molecule has 0 spiro atoms.